The number of aryl methyl sites for hydroxylation is 1. The van der Waals surface area contributed by atoms with Gasteiger partial charge in [0, 0.05) is 5.56 Å². The zero-order chi connectivity index (χ0) is 22.1. The van der Waals surface area contributed by atoms with Crippen molar-refractivity contribution in [3.8, 4) is 0 Å². The first-order valence-corrected chi connectivity index (χ1v) is 11.0. The number of fused-ring (bicyclic) bond motifs is 1. The second-order valence-electron chi connectivity index (χ2n) is 7.28. The van der Waals surface area contributed by atoms with Gasteiger partial charge in [-0.25, -0.2) is 4.98 Å². The number of carbonyl (C=O) groups is 3. The van der Waals surface area contributed by atoms with Crippen LogP contribution in [0.2, 0.25) is 5.02 Å². The number of nitrogens with one attached hydrogen (secondary N) is 2. The third kappa shape index (κ3) is 4.55. The van der Waals surface area contributed by atoms with Crippen molar-refractivity contribution in [1.29, 1.82) is 0 Å². The number of anilines is 2. The maximum Gasteiger partial charge on any atom is 0.309 e. The van der Waals surface area contributed by atoms with Crippen LogP contribution in [-0.4, -0.2) is 29.4 Å². The number of rotatable bonds is 6. The highest BCUT2D eigenvalue weighted by Gasteiger charge is 2.49. The number of nitrogens with zero attached hydrogens (tertiary/aromatic N) is 1. The first kappa shape index (κ1) is 21.3. The summed E-state index contributed by atoms with van der Waals surface area (Å²) in [5.41, 5.74) is 2.57. The second kappa shape index (κ2) is 8.64. The fourth-order valence-corrected chi connectivity index (χ4v) is 4.47. The maximum atomic E-state index is 12.7. The van der Waals surface area contributed by atoms with Crippen LogP contribution in [0.15, 0.2) is 36.4 Å². The molecule has 7 nitrogen and oxygen atoms in total. The SMILES string of the molecule is CCOC(=O)C1CC1C(=O)Nc1nc2ccc(C(=O)Nc3c(C)cccc3Cl)cc2s1. The Kier molecular flexibility index (Phi) is 5.93. The van der Waals surface area contributed by atoms with E-state index in [4.69, 9.17) is 16.3 Å². The Morgan fingerprint density at radius 2 is 2.00 bits per heavy atom. The molecule has 1 aromatic heterocycles. The first-order chi connectivity index (χ1) is 14.9. The van der Waals surface area contributed by atoms with Crippen molar-refractivity contribution >= 4 is 61.8 Å². The Balaban J connectivity index is 1.45. The lowest BCUT2D eigenvalue weighted by molar-refractivity contribution is -0.145. The molecule has 2 N–H and O–H groups in total. The molecule has 2 atom stereocenters. The average molecular weight is 458 g/mol. The van der Waals surface area contributed by atoms with Crippen LogP contribution < -0.4 is 10.6 Å². The summed E-state index contributed by atoms with van der Waals surface area (Å²) in [7, 11) is 0. The molecule has 3 aromatic rings. The molecule has 0 saturated heterocycles. The third-order valence-corrected chi connectivity index (χ3v) is 6.31. The van der Waals surface area contributed by atoms with Gasteiger partial charge in [-0.3, -0.25) is 14.4 Å². The van der Waals surface area contributed by atoms with E-state index in [1.807, 2.05) is 19.1 Å². The van der Waals surface area contributed by atoms with Crippen molar-refractivity contribution in [3.63, 3.8) is 0 Å². The number of hydrogen-bond acceptors (Lipinski definition) is 6. The zero-order valence-corrected chi connectivity index (χ0v) is 18.5. The Bertz CT molecular complexity index is 1170. The fourth-order valence-electron chi connectivity index (χ4n) is 3.29. The van der Waals surface area contributed by atoms with Gasteiger partial charge in [0.1, 0.15) is 0 Å². The molecule has 0 radical (unpaired) electrons. The summed E-state index contributed by atoms with van der Waals surface area (Å²) >= 11 is 7.46. The van der Waals surface area contributed by atoms with Gasteiger partial charge in [-0.1, -0.05) is 35.1 Å². The molecule has 9 heteroatoms. The number of ether oxygens (including phenoxy) is 1. The molecule has 2 amide bonds. The highest BCUT2D eigenvalue weighted by atomic mass is 35.5. The van der Waals surface area contributed by atoms with Crippen molar-refractivity contribution in [3.05, 3.63) is 52.5 Å². The predicted molar refractivity (Wildman–Crippen MR) is 121 cm³/mol. The molecule has 160 valence electrons. The Hall–Kier alpha value is -2.97. The summed E-state index contributed by atoms with van der Waals surface area (Å²) < 4.78 is 5.72. The Morgan fingerprint density at radius 3 is 2.74 bits per heavy atom. The minimum absolute atomic E-state index is 0.246. The van der Waals surface area contributed by atoms with Crippen LogP contribution in [0.4, 0.5) is 10.8 Å². The summed E-state index contributed by atoms with van der Waals surface area (Å²) in [5, 5.41) is 6.51. The number of para-hydroxylation sites is 1. The van der Waals surface area contributed by atoms with E-state index in [1.54, 1.807) is 31.2 Å². The van der Waals surface area contributed by atoms with E-state index in [1.165, 1.54) is 11.3 Å². The van der Waals surface area contributed by atoms with Crippen molar-refractivity contribution in [2.75, 3.05) is 17.2 Å². The standard InChI is InChI=1S/C22H20ClN3O4S/c1-3-30-21(29)14-10-13(14)20(28)26-22-24-16-8-7-12(9-17(16)31-22)19(27)25-18-11(2)5-4-6-15(18)23/h4-9,13-14H,3,10H2,1-2H3,(H,25,27)(H,24,26,28). The molecule has 1 aliphatic rings. The monoisotopic (exact) mass is 457 g/mol. The van der Waals surface area contributed by atoms with Gasteiger partial charge >= 0.3 is 5.97 Å². The van der Waals surface area contributed by atoms with Gasteiger partial charge in [0.2, 0.25) is 5.91 Å². The minimum atomic E-state index is -0.383. The molecule has 31 heavy (non-hydrogen) atoms. The van der Waals surface area contributed by atoms with Crippen LogP contribution >= 0.6 is 22.9 Å². The summed E-state index contributed by atoms with van der Waals surface area (Å²) in [6.45, 7) is 3.91. The summed E-state index contributed by atoms with van der Waals surface area (Å²) in [5.74, 6) is -1.63. The van der Waals surface area contributed by atoms with Gasteiger partial charge in [0.05, 0.1) is 39.4 Å². The zero-order valence-electron chi connectivity index (χ0n) is 16.9. The topological polar surface area (TPSA) is 97.4 Å². The molecule has 0 bridgehead atoms. The van der Waals surface area contributed by atoms with Crippen molar-refractivity contribution < 1.29 is 19.1 Å². The molecular formula is C22H20ClN3O4S. The van der Waals surface area contributed by atoms with Crippen LogP contribution in [0.5, 0.6) is 0 Å². The van der Waals surface area contributed by atoms with E-state index in [2.05, 4.69) is 15.6 Å². The molecule has 2 aromatic carbocycles. The fraction of sp³-hybridized carbons (Fsp3) is 0.273. The number of aromatic nitrogens is 1. The van der Waals surface area contributed by atoms with E-state index in [0.29, 0.717) is 39.9 Å². The average Bonchev–Trinajstić information content (AvgIpc) is 3.44. The van der Waals surface area contributed by atoms with Crippen LogP contribution in [0.3, 0.4) is 0 Å². The molecule has 4 rings (SSSR count). The van der Waals surface area contributed by atoms with Crippen molar-refractivity contribution in [1.82, 2.24) is 4.98 Å². The highest BCUT2D eigenvalue weighted by molar-refractivity contribution is 7.22. The molecular weight excluding hydrogens is 438 g/mol. The van der Waals surface area contributed by atoms with Gasteiger partial charge in [-0.2, -0.15) is 0 Å². The third-order valence-electron chi connectivity index (χ3n) is 5.06. The van der Waals surface area contributed by atoms with Crippen LogP contribution in [0.25, 0.3) is 10.2 Å². The number of carbonyl (C=O) groups excluding carboxylic acids is 3. The lowest BCUT2D eigenvalue weighted by Crippen LogP contribution is -2.17. The van der Waals surface area contributed by atoms with Crippen LogP contribution in [-0.2, 0) is 14.3 Å². The number of benzene rings is 2. The van der Waals surface area contributed by atoms with Crippen molar-refractivity contribution in [2.45, 2.75) is 20.3 Å². The van der Waals surface area contributed by atoms with E-state index in [9.17, 15) is 14.4 Å². The second-order valence-corrected chi connectivity index (χ2v) is 8.72. The largest absolute Gasteiger partial charge is 0.466 e. The Morgan fingerprint density at radius 1 is 1.19 bits per heavy atom. The number of amides is 2. The molecule has 0 aliphatic heterocycles. The maximum absolute atomic E-state index is 12.7. The lowest BCUT2D eigenvalue weighted by atomic mass is 10.1. The minimum Gasteiger partial charge on any atom is -0.466 e. The highest BCUT2D eigenvalue weighted by Crippen LogP contribution is 2.41. The van der Waals surface area contributed by atoms with E-state index >= 15 is 0 Å². The number of esters is 1. The van der Waals surface area contributed by atoms with Crippen LogP contribution in [0.1, 0.15) is 29.3 Å². The summed E-state index contributed by atoms with van der Waals surface area (Å²) in [6, 6.07) is 10.5. The molecule has 1 aliphatic carbocycles. The first-order valence-electron chi connectivity index (χ1n) is 9.82. The molecule has 1 fully saturated rings. The molecule has 1 heterocycles. The predicted octanol–water partition coefficient (Wildman–Crippen LogP) is 4.65. The van der Waals surface area contributed by atoms with Gasteiger partial charge in [-0.15, -0.1) is 0 Å². The number of thiazole rings is 1. The van der Waals surface area contributed by atoms with E-state index in [-0.39, 0.29) is 29.6 Å². The normalized spacial score (nSPS) is 17.3. The number of halogens is 1. The summed E-state index contributed by atoms with van der Waals surface area (Å²) in [6.07, 6.45) is 0.487. The summed E-state index contributed by atoms with van der Waals surface area (Å²) in [4.78, 5) is 41.2. The molecule has 2 unspecified atom stereocenters. The van der Waals surface area contributed by atoms with Gasteiger partial charge in [0.15, 0.2) is 5.13 Å². The quantitative estimate of drug-likeness (QED) is 0.525. The van der Waals surface area contributed by atoms with Gasteiger partial charge in [0.25, 0.3) is 5.91 Å². The smallest absolute Gasteiger partial charge is 0.309 e. The Labute approximate surface area is 187 Å². The van der Waals surface area contributed by atoms with Crippen LogP contribution in [0, 0.1) is 18.8 Å². The molecule has 1 saturated carbocycles. The lowest BCUT2D eigenvalue weighted by Gasteiger charge is -2.10. The van der Waals surface area contributed by atoms with Gasteiger partial charge in [-0.05, 0) is 50.1 Å². The van der Waals surface area contributed by atoms with E-state index < -0.39 is 0 Å². The van der Waals surface area contributed by atoms with E-state index in [0.717, 1.165) is 10.3 Å². The van der Waals surface area contributed by atoms with Crippen molar-refractivity contribution in [2.24, 2.45) is 11.8 Å². The van der Waals surface area contributed by atoms with Gasteiger partial charge < -0.3 is 15.4 Å². The number of hydrogen-bond donors (Lipinski definition) is 2. The molecule has 0 spiro atoms.